The molecular formula is C6H6ClN3. The second-order valence-electron chi connectivity index (χ2n) is 2.21. The van der Waals surface area contributed by atoms with Crippen LogP contribution >= 0.6 is 11.6 Å². The van der Waals surface area contributed by atoms with Gasteiger partial charge in [0.1, 0.15) is 0 Å². The Morgan fingerprint density at radius 3 is 3.30 bits per heavy atom. The zero-order valence-electron chi connectivity index (χ0n) is 5.26. The molecule has 0 saturated carbocycles. The molecule has 3 nitrogen and oxygen atoms in total. The Hall–Kier alpha value is -0.670. The van der Waals surface area contributed by atoms with Crippen molar-refractivity contribution in [3.8, 4) is 0 Å². The summed E-state index contributed by atoms with van der Waals surface area (Å²) in [6.45, 7) is 1.68. The summed E-state index contributed by atoms with van der Waals surface area (Å²) in [5.74, 6) is 0. The molecular weight excluding hydrogens is 150 g/mol. The van der Waals surface area contributed by atoms with E-state index >= 15 is 0 Å². The largest absolute Gasteiger partial charge is 0.307 e. The van der Waals surface area contributed by atoms with Crippen molar-refractivity contribution in [3.63, 3.8) is 0 Å². The summed E-state index contributed by atoms with van der Waals surface area (Å²) in [4.78, 5) is 7.91. The van der Waals surface area contributed by atoms with Crippen LogP contribution < -0.4 is 5.32 Å². The van der Waals surface area contributed by atoms with E-state index in [1.807, 2.05) is 0 Å². The molecule has 0 bridgehead atoms. The van der Waals surface area contributed by atoms with Gasteiger partial charge in [-0.2, -0.15) is 0 Å². The maximum absolute atomic E-state index is 5.57. The lowest BCUT2D eigenvalue weighted by molar-refractivity contribution is 0.757. The molecule has 1 aromatic rings. The van der Waals surface area contributed by atoms with Crippen LogP contribution in [-0.2, 0) is 13.1 Å². The molecule has 0 radical (unpaired) electrons. The predicted octanol–water partition coefficient (Wildman–Crippen LogP) is 0.733. The van der Waals surface area contributed by atoms with Crippen LogP contribution in [0.4, 0.5) is 0 Å². The molecule has 0 fully saturated rings. The highest BCUT2D eigenvalue weighted by atomic mass is 35.5. The summed E-state index contributed by atoms with van der Waals surface area (Å²) in [6, 6.07) is 0. The Labute approximate surface area is 63.4 Å². The molecule has 4 heteroatoms. The number of rotatable bonds is 0. The first-order valence-corrected chi connectivity index (χ1v) is 3.45. The third kappa shape index (κ3) is 0.874. The molecule has 1 aromatic heterocycles. The number of aromatic nitrogens is 2. The van der Waals surface area contributed by atoms with Crippen molar-refractivity contribution in [2.75, 3.05) is 0 Å². The average Bonchev–Trinajstić information content (AvgIpc) is 2.33. The Balaban J connectivity index is 2.52. The number of hydrogen-bond donors (Lipinski definition) is 1. The second-order valence-corrected chi connectivity index (χ2v) is 2.55. The van der Waals surface area contributed by atoms with Gasteiger partial charge in [-0.25, -0.2) is 9.97 Å². The average molecular weight is 156 g/mol. The highest BCUT2D eigenvalue weighted by molar-refractivity contribution is 6.28. The van der Waals surface area contributed by atoms with Crippen LogP contribution in [0.2, 0.25) is 5.28 Å². The Morgan fingerprint density at radius 2 is 2.40 bits per heavy atom. The van der Waals surface area contributed by atoms with Crippen LogP contribution in [0.1, 0.15) is 11.3 Å². The fourth-order valence-corrected chi connectivity index (χ4v) is 1.18. The summed E-state index contributed by atoms with van der Waals surface area (Å²) in [5.41, 5.74) is 2.18. The molecule has 0 spiro atoms. The van der Waals surface area contributed by atoms with E-state index in [4.69, 9.17) is 11.6 Å². The Bertz CT molecular complexity index is 261. The van der Waals surface area contributed by atoms with Gasteiger partial charge in [0, 0.05) is 24.8 Å². The van der Waals surface area contributed by atoms with E-state index in [-0.39, 0.29) is 0 Å². The number of hydrogen-bond acceptors (Lipinski definition) is 3. The normalized spacial score (nSPS) is 15.3. The fraction of sp³-hybridized carbons (Fsp3) is 0.333. The SMILES string of the molecule is Clc1ncc2c(n1)CNC2. The summed E-state index contributed by atoms with van der Waals surface area (Å²) in [5, 5.41) is 3.49. The molecule has 2 heterocycles. The second kappa shape index (κ2) is 2.18. The van der Waals surface area contributed by atoms with Crippen LogP contribution in [0.15, 0.2) is 6.20 Å². The molecule has 10 heavy (non-hydrogen) atoms. The van der Waals surface area contributed by atoms with E-state index in [1.165, 1.54) is 0 Å². The van der Waals surface area contributed by atoms with Crippen LogP contribution in [0, 0.1) is 0 Å². The highest BCUT2D eigenvalue weighted by Crippen LogP contribution is 2.12. The quantitative estimate of drug-likeness (QED) is 0.562. The summed E-state index contributed by atoms with van der Waals surface area (Å²) < 4.78 is 0. The Kier molecular flexibility index (Phi) is 1.32. The summed E-state index contributed by atoms with van der Waals surface area (Å²) in [6.07, 6.45) is 1.77. The standard InChI is InChI=1S/C6H6ClN3/c7-6-9-2-4-1-8-3-5(4)10-6/h2,8H,1,3H2. The summed E-state index contributed by atoms with van der Waals surface area (Å²) in [7, 11) is 0. The fourth-order valence-electron chi connectivity index (χ4n) is 1.03. The van der Waals surface area contributed by atoms with E-state index in [1.54, 1.807) is 6.20 Å². The van der Waals surface area contributed by atoms with Gasteiger partial charge in [-0.15, -0.1) is 0 Å². The van der Waals surface area contributed by atoms with E-state index in [2.05, 4.69) is 15.3 Å². The van der Waals surface area contributed by atoms with Gasteiger partial charge in [0.05, 0.1) is 5.69 Å². The minimum absolute atomic E-state index is 0.336. The minimum atomic E-state index is 0.336. The lowest BCUT2D eigenvalue weighted by atomic mass is 10.3. The van der Waals surface area contributed by atoms with Crippen molar-refractivity contribution in [1.29, 1.82) is 0 Å². The monoisotopic (exact) mass is 155 g/mol. The summed E-state index contributed by atoms with van der Waals surface area (Å²) >= 11 is 5.57. The van der Waals surface area contributed by atoms with Gasteiger partial charge in [-0.3, -0.25) is 0 Å². The third-order valence-electron chi connectivity index (χ3n) is 1.53. The van der Waals surface area contributed by atoms with Crippen molar-refractivity contribution in [2.45, 2.75) is 13.1 Å². The van der Waals surface area contributed by atoms with E-state index in [0.717, 1.165) is 24.3 Å². The van der Waals surface area contributed by atoms with Crippen LogP contribution in [-0.4, -0.2) is 9.97 Å². The zero-order valence-corrected chi connectivity index (χ0v) is 6.02. The zero-order chi connectivity index (χ0) is 6.97. The number of nitrogens with zero attached hydrogens (tertiary/aromatic N) is 2. The van der Waals surface area contributed by atoms with Crippen LogP contribution in [0.5, 0.6) is 0 Å². The first-order chi connectivity index (χ1) is 4.86. The van der Waals surface area contributed by atoms with Gasteiger partial charge in [0.25, 0.3) is 0 Å². The third-order valence-corrected chi connectivity index (χ3v) is 1.71. The van der Waals surface area contributed by atoms with Crippen LogP contribution in [0.25, 0.3) is 0 Å². The lowest BCUT2D eigenvalue weighted by Crippen LogP contribution is -2.00. The lowest BCUT2D eigenvalue weighted by Gasteiger charge is -1.93. The molecule has 1 N–H and O–H groups in total. The molecule has 0 amide bonds. The van der Waals surface area contributed by atoms with Gasteiger partial charge in [0.15, 0.2) is 0 Å². The predicted molar refractivity (Wildman–Crippen MR) is 37.6 cm³/mol. The van der Waals surface area contributed by atoms with Gasteiger partial charge in [-0.05, 0) is 11.6 Å². The molecule has 2 rings (SSSR count). The van der Waals surface area contributed by atoms with Crippen molar-refractivity contribution in [3.05, 3.63) is 22.7 Å². The molecule has 52 valence electrons. The van der Waals surface area contributed by atoms with E-state index in [0.29, 0.717) is 5.28 Å². The van der Waals surface area contributed by atoms with Gasteiger partial charge >= 0.3 is 0 Å². The minimum Gasteiger partial charge on any atom is -0.307 e. The molecule has 0 unspecified atom stereocenters. The van der Waals surface area contributed by atoms with Crippen molar-refractivity contribution < 1.29 is 0 Å². The van der Waals surface area contributed by atoms with Gasteiger partial charge in [0.2, 0.25) is 5.28 Å². The molecule has 0 aliphatic carbocycles. The number of nitrogens with one attached hydrogen (secondary N) is 1. The first kappa shape index (κ1) is 6.07. The first-order valence-electron chi connectivity index (χ1n) is 3.07. The van der Waals surface area contributed by atoms with Crippen LogP contribution in [0.3, 0.4) is 0 Å². The molecule has 0 saturated heterocycles. The van der Waals surface area contributed by atoms with Crippen molar-refractivity contribution in [1.82, 2.24) is 15.3 Å². The van der Waals surface area contributed by atoms with Crippen molar-refractivity contribution in [2.24, 2.45) is 0 Å². The molecule has 1 aliphatic heterocycles. The van der Waals surface area contributed by atoms with E-state index in [9.17, 15) is 0 Å². The molecule has 0 atom stereocenters. The van der Waals surface area contributed by atoms with E-state index < -0.39 is 0 Å². The van der Waals surface area contributed by atoms with Gasteiger partial charge < -0.3 is 5.32 Å². The number of halogens is 1. The number of fused-ring (bicyclic) bond motifs is 1. The Morgan fingerprint density at radius 1 is 1.50 bits per heavy atom. The van der Waals surface area contributed by atoms with Gasteiger partial charge in [-0.1, -0.05) is 0 Å². The maximum Gasteiger partial charge on any atom is 0.222 e. The van der Waals surface area contributed by atoms with Crippen molar-refractivity contribution >= 4 is 11.6 Å². The molecule has 1 aliphatic rings. The maximum atomic E-state index is 5.57. The highest BCUT2D eigenvalue weighted by Gasteiger charge is 2.11. The topological polar surface area (TPSA) is 37.8 Å². The molecule has 0 aromatic carbocycles. The smallest absolute Gasteiger partial charge is 0.222 e.